The number of Topliss-reactive ketones (excluding diaryl/α,β-unsaturated/α-hetero) is 1. The molecule has 0 aromatic heterocycles. The van der Waals surface area contributed by atoms with Crippen LogP contribution in [0.3, 0.4) is 0 Å². The number of carbonyl (C=O) groups is 1. The van der Waals surface area contributed by atoms with E-state index in [9.17, 15) is 14.9 Å². The van der Waals surface area contributed by atoms with Crippen molar-refractivity contribution in [3.63, 3.8) is 0 Å². The predicted octanol–water partition coefficient (Wildman–Crippen LogP) is 3.48. The van der Waals surface area contributed by atoms with Gasteiger partial charge in [-0.15, -0.1) is 0 Å². The number of hydrogen-bond acceptors (Lipinski definition) is 5. The number of carbonyl (C=O) groups excluding carboxylic acids is 1. The minimum absolute atomic E-state index is 0.0268. The summed E-state index contributed by atoms with van der Waals surface area (Å²) < 4.78 is 6.20. The Morgan fingerprint density at radius 1 is 1.27 bits per heavy atom. The Kier molecular flexibility index (Phi) is 4.00. The highest BCUT2D eigenvalue weighted by molar-refractivity contribution is 5.95. The molecule has 2 aromatic carbocycles. The summed E-state index contributed by atoms with van der Waals surface area (Å²) in [5, 5.41) is 11.6. The molecule has 26 heavy (non-hydrogen) atoms. The van der Waals surface area contributed by atoms with Gasteiger partial charge in [0, 0.05) is 18.2 Å². The van der Waals surface area contributed by atoms with Crippen molar-refractivity contribution in [2.45, 2.75) is 25.4 Å². The molecule has 0 saturated carbocycles. The molecule has 0 bridgehead atoms. The summed E-state index contributed by atoms with van der Waals surface area (Å²) in [5.74, 6) is -0.178. The van der Waals surface area contributed by atoms with Crippen LogP contribution in [0, 0.1) is 10.1 Å². The number of anilines is 1. The summed E-state index contributed by atoms with van der Waals surface area (Å²) in [7, 11) is 0. The van der Waals surface area contributed by atoms with Gasteiger partial charge in [-0.2, -0.15) is 0 Å². The van der Waals surface area contributed by atoms with E-state index in [1.807, 2.05) is 17.0 Å². The highest BCUT2D eigenvalue weighted by Gasteiger charge is 2.44. The average molecular weight is 352 g/mol. The first kappa shape index (κ1) is 16.7. The molecule has 6 nitrogen and oxygen atoms in total. The maximum Gasteiger partial charge on any atom is 0.293 e. The molecule has 1 unspecified atom stereocenters. The normalized spacial score (nSPS) is 21.7. The van der Waals surface area contributed by atoms with Gasteiger partial charge in [-0.1, -0.05) is 24.3 Å². The number of rotatable bonds is 3. The van der Waals surface area contributed by atoms with Crippen LogP contribution in [-0.2, 0) is 16.8 Å². The number of aryl methyl sites for hydroxylation is 1. The lowest BCUT2D eigenvalue weighted by molar-refractivity contribution is -0.384. The van der Waals surface area contributed by atoms with Gasteiger partial charge < -0.3 is 9.64 Å². The lowest BCUT2D eigenvalue weighted by Gasteiger charge is -2.42. The Labute approximate surface area is 151 Å². The molecule has 2 aliphatic rings. The zero-order chi connectivity index (χ0) is 18.3. The van der Waals surface area contributed by atoms with Crippen molar-refractivity contribution in [1.29, 1.82) is 0 Å². The first-order chi connectivity index (χ1) is 12.5. The van der Waals surface area contributed by atoms with Crippen molar-refractivity contribution in [2.75, 3.05) is 24.6 Å². The van der Waals surface area contributed by atoms with Crippen LogP contribution in [0.4, 0.5) is 11.4 Å². The van der Waals surface area contributed by atoms with E-state index in [4.69, 9.17) is 4.74 Å². The van der Waals surface area contributed by atoms with Crippen molar-refractivity contribution < 1.29 is 14.5 Å². The molecule has 1 aliphatic carbocycles. The first-order valence-corrected chi connectivity index (χ1v) is 8.77. The van der Waals surface area contributed by atoms with E-state index in [1.165, 1.54) is 24.1 Å². The van der Waals surface area contributed by atoms with Crippen LogP contribution in [0.25, 0.3) is 0 Å². The molecule has 1 fully saturated rings. The minimum Gasteiger partial charge on any atom is -0.367 e. The van der Waals surface area contributed by atoms with Crippen molar-refractivity contribution in [1.82, 2.24) is 0 Å². The molecule has 1 heterocycles. The van der Waals surface area contributed by atoms with Crippen LogP contribution in [0.15, 0.2) is 42.5 Å². The van der Waals surface area contributed by atoms with Gasteiger partial charge in [-0.3, -0.25) is 14.9 Å². The number of fused-ring (bicyclic) bond motifs is 2. The van der Waals surface area contributed by atoms with Crippen molar-refractivity contribution in [3.05, 3.63) is 69.3 Å². The van der Waals surface area contributed by atoms with Crippen LogP contribution < -0.4 is 4.90 Å². The van der Waals surface area contributed by atoms with E-state index in [0.29, 0.717) is 30.9 Å². The van der Waals surface area contributed by atoms with Crippen LogP contribution >= 0.6 is 0 Å². The van der Waals surface area contributed by atoms with Gasteiger partial charge in [0.2, 0.25) is 0 Å². The molecule has 0 N–H and O–H groups in total. The molecule has 1 spiro atoms. The van der Waals surface area contributed by atoms with Gasteiger partial charge >= 0.3 is 0 Å². The third kappa shape index (κ3) is 2.66. The molecule has 6 heteroatoms. The van der Waals surface area contributed by atoms with E-state index in [1.54, 1.807) is 12.1 Å². The van der Waals surface area contributed by atoms with Gasteiger partial charge in [0.05, 0.1) is 18.1 Å². The number of benzene rings is 2. The summed E-state index contributed by atoms with van der Waals surface area (Å²) in [5.41, 5.74) is 2.94. The third-order valence-corrected chi connectivity index (χ3v) is 5.41. The third-order valence-electron chi connectivity index (χ3n) is 5.41. The quantitative estimate of drug-likeness (QED) is 0.480. The fourth-order valence-corrected chi connectivity index (χ4v) is 4.11. The zero-order valence-electron chi connectivity index (χ0n) is 14.6. The Morgan fingerprint density at radius 2 is 2.08 bits per heavy atom. The summed E-state index contributed by atoms with van der Waals surface area (Å²) >= 11 is 0. The molecule has 1 aliphatic heterocycles. The van der Waals surface area contributed by atoms with E-state index in [-0.39, 0.29) is 11.5 Å². The lowest BCUT2D eigenvalue weighted by atomic mass is 9.93. The largest absolute Gasteiger partial charge is 0.367 e. The Hall–Kier alpha value is -2.73. The van der Waals surface area contributed by atoms with Gasteiger partial charge in [-0.05, 0) is 43.0 Å². The highest BCUT2D eigenvalue weighted by Crippen LogP contribution is 2.44. The number of ether oxygens (including phenoxy) is 1. The molecule has 4 rings (SSSR count). The second kappa shape index (κ2) is 6.21. The van der Waals surface area contributed by atoms with E-state index in [0.717, 1.165) is 12.8 Å². The second-order valence-electron chi connectivity index (χ2n) is 6.94. The summed E-state index contributed by atoms with van der Waals surface area (Å²) in [4.78, 5) is 24.8. The molecule has 2 aromatic rings. The van der Waals surface area contributed by atoms with Gasteiger partial charge in [0.15, 0.2) is 5.78 Å². The number of hydrogen-bond donors (Lipinski definition) is 0. The molecule has 1 saturated heterocycles. The second-order valence-corrected chi connectivity index (χ2v) is 6.94. The van der Waals surface area contributed by atoms with E-state index in [2.05, 4.69) is 12.1 Å². The number of nitrogens with zero attached hydrogens (tertiary/aromatic N) is 2. The van der Waals surface area contributed by atoms with Crippen LogP contribution in [0.2, 0.25) is 0 Å². The highest BCUT2D eigenvalue weighted by atomic mass is 16.6. The topological polar surface area (TPSA) is 72.7 Å². The molecule has 134 valence electrons. The van der Waals surface area contributed by atoms with E-state index < -0.39 is 10.5 Å². The standard InChI is InChI=1S/C20H20N2O4/c1-14(23)16-6-7-18(19(12-16)22(24)25)21-10-11-26-20(13-21)9-8-15-4-2-3-5-17(15)20/h2-7,12H,8-11,13H2,1H3. The van der Waals surface area contributed by atoms with Gasteiger partial charge in [-0.25, -0.2) is 0 Å². The van der Waals surface area contributed by atoms with Gasteiger partial charge in [0.1, 0.15) is 11.3 Å². The monoisotopic (exact) mass is 352 g/mol. The zero-order valence-corrected chi connectivity index (χ0v) is 14.6. The maximum absolute atomic E-state index is 11.6. The predicted molar refractivity (Wildman–Crippen MR) is 97.7 cm³/mol. The van der Waals surface area contributed by atoms with E-state index >= 15 is 0 Å². The lowest BCUT2D eigenvalue weighted by Crippen LogP contribution is -2.49. The number of ketones is 1. The molecule has 1 atom stereocenters. The van der Waals surface area contributed by atoms with Crippen LogP contribution in [0.1, 0.15) is 34.8 Å². The number of nitro groups is 1. The summed E-state index contributed by atoms with van der Waals surface area (Å²) in [6.07, 6.45) is 1.83. The van der Waals surface area contributed by atoms with Crippen LogP contribution in [0.5, 0.6) is 0 Å². The number of morpholine rings is 1. The summed E-state index contributed by atoms with van der Waals surface area (Å²) in [6.45, 7) is 3.09. The fraction of sp³-hybridized carbons (Fsp3) is 0.350. The SMILES string of the molecule is CC(=O)c1ccc(N2CCOC3(CCc4ccccc43)C2)c([N+](=O)[O-])c1. The molecule has 0 amide bonds. The van der Waals surface area contributed by atoms with Crippen molar-refractivity contribution in [3.8, 4) is 0 Å². The summed E-state index contributed by atoms with van der Waals surface area (Å²) in [6, 6.07) is 13.0. The number of nitro benzene ring substituents is 1. The Bertz CT molecular complexity index is 891. The minimum atomic E-state index is -0.415. The maximum atomic E-state index is 11.6. The van der Waals surface area contributed by atoms with Crippen molar-refractivity contribution in [2.24, 2.45) is 0 Å². The Balaban J connectivity index is 1.71. The Morgan fingerprint density at radius 3 is 2.85 bits per heavy atom. The average Bonchev–Trinajstić information content (AvgIpc) is 2.99. The van der Waals surface area contributed by atoms with Gasteiger partial charge in [0.25, 0.3) is 5.69 Å². The first-order valence-electron chi connectivity index (χ1n) is 8.77. The molecular formula is C20H20N2O4. The molecular weight excluding hydrogens is 332 g/mol. The van der Waals surface area contributed by atoms with Crippen LogP contribution in [-0.4, -0.2) is 30.4 Å². The molecule has 0 radical (unpaired) electrons. The fourth-order valence-electron chi connectivity index (χ4n) is 4.11. The smallest absolute Gasteiger partial charge is 0.293 e. The van der Waals surface area contributed by atoms with Crippen molar-refractivity contribution >= 4 is 17.2 Å².